The van der Waals surface area contributed by atoms with Gasteiger partial charge in [0.15, 0.2) is 0 Å². The topological polar surface area (TPSA) is 66.6 Å². The quantitative estimate of drug-likeness (QED) is 0.625. The summed E-state index contributed by atoms with van der Waals surface area (Å²) in [6.07, 6.45) is 1.51. The van der Waals surface area contributed by atoms with Crippen molar-refractivity contribution in [1.29, 1.82) is 0 Å². The highest BCUT2D eigenvalue weighted by Gasteiger charge is 2.32. The molecule has 1 aliphatic rings. The number of likely N-dealkylation sites (tertiary alicyclic amines) is 1. The Balaban J connectivity index is 2.36. The van der Waals surface area contributed by atoms with Gasteiger partial charge in [0, 0.05) is 19.6 Å². The van der Waals surface area contributed by atoms with Crippen LogP contribution in [0.4, 0.5) is 0 Å². The molecule has 1 unspecified atom stereocenters. The lowest BCUT2D eigenvalue weighted by Crippen LogP contribution is -2.56. The molecular weight excluding hydrogens is 168 g/mol. The predicted octanol–water partition coefficient (Wildman–Crippen LogP) is -0.435. The average molecular weight is 186 g/mol. The van der Waals surface area contributed by atoms with Crippen molar-refractivity contribution in [1.82, 2.24) is 4.90 Å². The van der Waals surface area contributed by atoms with Gasteiger partial charge in [-0.2, -0.15) is 0 Å². The molecule has 1 atom stereocenters. The van der Waals surface area contributed by atoms with E-state index in [1.165, 1.54) is 0 Å². The average Bonchev–Trinajstić information content (AvgIpc) is 2.08. The Labute approximate surface area is 78.7 Å². The Morgan fingerprint density at radius 2 is 2.31 bits per heavy atom. The number of β-amino-alcohol motifs (C(OH)–C–C–N with tert-alkyl or cyclic N) is 1. The molecule has 3 N–H and O–H groups in total. The molecule has 0 radical (unpaired) electrons. The van der Waals surface area contributed by atoms with Crippen molar-refractivity contribution in [2.45, 2.75) is 25.9 Å². The fraction of sp³-hybridized carbons (Fsp3) is 0.889. The van der Waals surface area contributed by atoms with Crippen molar-refractivity contribution < 1.29 is 9.90 Å². The maximum Gasteiger partial charge on any atom is 0.227 e. The van der Waals surface area contributed by atoms with Crippen molar-refractivity contribution in [2.75, 3.05) is 19.6 Å². The van der Waals surface area contributed by atoms with Gasteiger partial charge in [-0.25, -0.2) is 0 Å². The van der Waals surface area contributed by atoms with Gasteiger partial charge in [-0.1, -0.05) is 13.3 Å². The molecule has 4 nitrogen and oxygen atoms in total. The molecule has 0 saturated carbocycles. The van der Waals surface area contributed by atoms with Crippen LogP contribution in [0.5, 0.6) is 0 Å². The molecule has 76 valence electrons. The molecule has 1 saturated heterocycles. The summed E-state index contributed by atoms with van der Waals surface area (Å²) in [6, 6.07) is 0. The smallest absolute Gasteiger partial charge is 0.227 e. The summed E-state index contributed by atoms with van der Waals surface area (Å²) >= 11 is 0. The van der Waals surface area contributed by atoms with Crippen LogP contribution in [0.3, 0.4) is 0 Å². The summed E-state index contributed by atoms with van der Waals surface area (Å²) in [6.45, 7) is 3.43. The van der Waals surface area contributed by atoms with Crippen LogP contribution in [0, 0.1) is 5.92 Å². The maximum absolute atomic E-state index is 11.6. The van der Waals surface area contributed by atoms with E-state index in [0.717, 1.165) is 12.8 Å². The van der Waals surface area contributed by atoms with Gasteiger partial charge in [-0.05, 0) is 6.42 Å². The van der Waals surface area contributed by atoms with E-state index >= 15 is 0 Å². The van der Waals surface area contributed by atoms with Gasteiger partial charge in [0.1, 0.15) is 0 Å². The molecule has 1 aliphatic heterocycles. The van der Waals surface area contributed by atoms with E-state index in [4.69, 9.17) is 10.8 Å². The van der Waals surface area contributed by atoms with Crippen molar-refractivity contribution in [3.63, 3.8) is 0 Å². The van der Waals surface area contributed by atoms with Crippen LogP contribution in [-0.2, 0) is 4.79 Å². The Bertz CT molecular complexity index is 178. The highest BCUT2D eigenvalue weighted by atomic mass is 16.3. The van der Waals surface area contributed by atoms with E-state index in [-0.39, 0.29) is 17.9 Å². The zero-order valence-corrected chi connectivity index (χ0v) is 8.07. The minimum absolute atomic E-state index is 0.0440. The summed E-state index contributed by atoms with van der Waals surface area (Å²) in [5.74, 6) is 0.0622. The number of rotatable bonds is 4. The minimum Gasteiger partial charge on any atom is -0.389 e. The van der Waals surface area contributed by atoms with Crippen LogP contribution in [-0.4, -0.2) is 41.7 Å². The fourth-order valence-electron chi connectivity index (χ4n) is 1.58. The number of hydrogen-bond donors (Lipinski definition) is 2. The lowest BCUT2D eigenvalue weighted by molar-refractivity contribution is -0.145. The number of aliphatic hydroxyl groups is 1. The molecule has 1 rings (SSSR count). The number of nitrogens with two attached hydrogens (primary N) is 1. The zero-order chi connectivity index (χ0) is 9.84. The first kappa shape index (κ1) is 10.5. The third-order valence-corrected chi connectivity index (χ3v) is 2.44. The molecule has 0 aromatic carbocycles. The molecular formula is C9H18N2O2. The molecule has 4 heteroatoms. The largest absolute Gasteiger partial charge is 0.389 e. The summed E-state index contributed by atoms with van der Waals surface area (Å²) < 4.78 is 0. The monoisotopic (exact) mass is 186 g/mol. The number of aliphatic hydroxyl groups excluding tert-OH is 1. The van der Waals surface area contributed by atoms with Gasteiger partial charge in [0.2, 0.25) is 5.91 Å². The van der Waals surface area contributed by atoms with E-state index in [1.807, 2.05) is 6.92 Å². The molecule has 0 bridgehead atoms. The van der Waals surface area contributed by atoms with Crippen LogP contribution in [0.25, 0.3) is 0 Å². The molecule has 13 heavy (non-hydrogen) atoms. The van der Waals surface area contributed by atoms with Gasteiger partial charge in [-0.15, -0.1) is 0 Å². The predicted molar refractivity (Wildman–Crippen MR) is 50.0 cm³/mol. The van der Waals surface area contributed by atoms with Gasteiger partial charge >= 0.3 is 0 Å². The van der Waals surface area contributed by atoms with Crippen LogP contribution in [0.1, 0.15) is 19.8 Å². The van der Waals surface area contributed by atoms with Crippen LogP contribution in [0.2, 0.25) is 0 Å². The first-order chi connectivity index (χ1) is 6.19. The second-order valence-corrected chi connectivity index (χ2v) is 3.62. The maximum atomic E-state index is 11.6. The molecule has 1 amide bonds. The third-order valence-electron chi connectivity index (χ3n) is 2.44. The van der Waals surface area contributed by atoms with E-state index in [2.05, 4.69) is 0 Å². The standard InChI is InChI=1S/C9H18N2O2/c1-2-3-7(4-10)9(13)11-5-8(12)6-11/h7-8,12H,2-6,10H2,1H3. The van der Waals surface area contributed by atoms with Crippen molar-refractivity contribution in [3.8, 4) is 0 Å². The summed E-state index contributed by atoms with van der Waals surface area (Å²) in [4.78, 5) is 13.3. The zero-order valence-electron chi connectivity index (χ0n) is 8.07. The Hall–Kier alpha value is -0.610. The number of nitrogens with zero attached hydrogens (tertiary/aromatic N) is 1. The number of carbonyl (C=O) groups excluding carboxylic acids is 1. The van der Waals surface area contributed by atoms with Gasteiger partial charge in [0.25, 0.3) is 0 Å². The highest BCUT2D eigenvalue weighted by molar-refractivity contribution is 5.79. The fourth-order valence-corrected chi connectivity index (χ4v) is 1.58. The molecule has 0 aromatic rings. The highest BCUT2D eigenvalue weighted by Crippen LogP contribution is 2.15. The van der Waals surface area contributed by atoms with Crippen LogP contribution >= 0.6 is 0 Å². The lowest BCUT2D eigenvalue weighted by atomic mass is 10.00. The first-order valence-electron chi connectivity index (χ1n) is 4.86. The van der Waals surface area contributed by atoms with Gasteiger partial charge in [-0.3, -0.25) is 4.79 Å². The van der Waals surface area contributed by atoms with E-state index in [1.54, 1.807) is 4.90 Å². The van der Waals surface area contributed by atoms with Gasteiger partial charge < -0.3 is 15.7 Å². The minimum atomic E-state index is -0.316. The lowest BCUT2D eigenvalue weighted by Gasteiger charge is -2.38. The third kappa shape index (κ3) is 2.42. The van der Waals surface area contributed by atoms with Gasteiger partial charge in [0.05, 0.1) is 12.0 Å². The van der Waals surface area contributed by atoms with Crippen molar-refractivity contribution in [3.05, 3.63) is 0 Å². The SMILES string of the molecule is CCCC(CN)C(=O)N1CC(O)C1. The second kappa shape index (κ2) is 4.58. The first-order valence-corrected chi connectivity index (χ1v) is 4.86. The Morgan fingerprint density at radius 3 is 2.69 bits per heavy atom. The number of carbonyl (C=O) groups is 1. The van der Waals surface area contributed by atoms with E-state index in [9.17, 15) is 4.79 Å². The molecule has 1 fully saturated rings. The van der Waals surface area contributed by atoms with Crippen molar-refractivity contribution >= 4 is 5.91 Å². The molecule has 0 spiro atoms. The Kier molecular flexibility index (Phi) is 3.69. The van der Waals surface area contributed by atoms with Crippen LogP contribution < -0.4 is 5.73 Å². The summed E-state index contributed by atoms with van der Waals surface area (Å²) in [5.41, 5.74) is 5.50. The van der Waals surface area contributed by atoms with E-state index < -0.39 is 0 Å². The molecule has 0 aromatic heterocycles. The normalized spacial score (nSPS) is 19.8. The summed E-state index contributed by atoms with van der Waals surface area (Å²) in [7, 11) is 0. The summed E-state index contributed by atoms with van der Waals surface area (Å²) in [5, 5.41) is 9.03. The van der Waals surface area contributed by atoms with Crippen molar-refractivity contribution in [2.24, 2.45) is 11.7 Å². The van der Waals surface area contributed by atoms with E-state index in [0.29, 0.717) is 19.6 Å². The second-order valence-electron chi connectivity index (χ2n) is 3.62. The van der Waals surface area contributed by atoms with Crippen LogP contribution in [0.15, 0.2) is 0 Å². The number of hydrogen-bond acceptors (Lipinski definition) is 3. The number of amides is 1. The molecule has 0 aliphatic carbocycles. The Morgan fingerprint density at radius 1 is 1.69 bits per heavy atom. The molecule has 1 heterocycles.